The van der Waals surface area contributed by atoms with Crippen molar-refractivity contribution in [2.45, 2.75) is 19.6 Å². The minimum Gasteiger partial charge on any atom is -0.330 e. The molecule has 0 aliphatic heterocycles. The van der Waals surface area contributed by atoms with E-state index in [1.54, 1.807) is 0 Å². The second-order valence-corrected chi connectivity index (χ2v) is 6.61. The molecule has 0 heterocycles. The average molecular weight is 335 g/mol. The highest BCUT2D eigenvalue weighted by molar-refractivity contribution is 7.48. The summed E-state index contributed by atoms with van der Waals surface area (Å²) in [7, 11) is -3.64. The van der Waals surface area contributed by atoms with Gasteiger partial charge in [0.2, 0.25) is 0 Å². The smallest absolute Gasteiger partial charge is 0.330 e. The van der Waals surface area contributed by atoms with E-state index in [0.717, 1.165) is 11.1 Å². The minimum atomic E-state index is -3.64. The second kappa shape index (κ2) is 9.60. The van der Waals surface area contributed by atoms with Gasteiger partial charge in [0.25, 0.3) is 0 Å². The first-order valence-corrected chi connectivity index (χ1v) is 8.99. The lowest BCUT2D eigenvalue weighted by Gasteiger charge is -2.18. The molecule has 0 spiro atoms. The fourth-order valence-corrected chi connectivity index (χ4v) is 3.02. The standard InChI is InChI=1S/C17H22NO4P/c18-12-7-13-20-23(19,21-14-16-8-3-1-4-9-16)22-15-17-10-5-2-6-11-17/h1-6,8-11H,7,12-15,18H2. The van der Waals surface area contributed by atoms with Crippen molar-refractivity contribution in [2.24, 2.45) is 5.73 Å². The number of phosphoric ester groups is 1. The van der Waals surface area contributed by atoms with Crippen molar-refractivity contribution < 1.29 is 18.1 Å². The summed E-state index contributed by atoms with van der Waals surface area (Å²) in [6.45, 7) is 1.01. The number of rotatable bonds is 10. The normalized spacial score (nSPS) is 11.5. The first kappa shape index (κ1) is 17.9. The molecule has 0 saturated carbocycles. The van der Waals surface area contributed by atoms with Crippen LogP contribution in [0.25, 0.3) is 0 Å². The summed E-state index contributed by atoms with van der Waals surface area (Å²) in [6.07, 6.45) is 0.591. The van der Waals surface area contributed by atoms with Gasteiger partial charge in [-0.05, 0) is 24.1 Å². The molecule has 124 valence electrons. The average Bonchev–Trinajstić information content (AvgIpc) is 2.61. The molecule has 0 aliphatic carbocycles. The van der Waals surface area contributed by atoms with Crippen LogP contribution < -0.4 is 5.73 Å². The molecule has 0 saturated heterocycles. The van der Waals surface area contributed by atoms with Gasteiger partial charge < -0.3 is 5.73 Å². The molecule has 2 aromatic carbocycles. The summed E-state index contributed by atoms with van der Waals surface area (Å²) in [5.74, 6) is 0. The van der Waals surface area contributed by atoms with Gasteiger partial charge in [0.15, 0.2) is 0 Å². The molecule has 0 amide bonds. The number of hydrogen-bond donors (Lipinski definition) is 1. The van der Waals surface area contributed by atoms with Crippen LogP contribution in [0.3, 0.4) is 0 Å². The van der Waals surface area contributed by atoms with Gasteiger partial charge in [0.05, 0.1) is 19.8 Å². The molecular formula is C17H22NO4P. The fourth-order valence-electron chi connectivity index (χ4n) is 1.83. The minimum absolute atomic E-state index is 0.162. The van der Waals surface area contributed by atoms with Crippen LogP contribution >= 0.6 is 7.82 Å². The zero-order valence-corrected chi connectivity index (χ0v) is 13.9. The van der Waals surface area contributed by atoms with Crippen molar-refractivity contribution in [1.82, 2.24) is 0 Å². The summed E-state index contributed by atoms with van der Waals surface area (Å²) in [6, 6.07) is 19.0. The van der Waals surface area contributed by atoms with Crippen LogP contribution in [0, 0.1) is 0 Å². The highest BCUT2D eigenvalue weighted by Crippen LogP contribution is 2.50. The summed E-state index contributed by atoms with van der Waals surface area (Å²) in [5, 5.41) is 0. The first-order valence-electron chi connectivity index (χ1n) is 7.53. The molecular weight excluding hydrogens is 313 g/mol. The van der Waals surface area contributed by atoms with Gasteiger partial charge in [-0.2, -0.15) is 0 Å². The van der Waals surface area contributed by atoms with E-state index in [0.29, 0.717) is 13.0 Å². The van der Waals surface area contributed by atoms with Gasteiger partial charge >= 0.3 is 7.82 Å². The van der Waals surface area contributed by atoms with Crippen LogP contribution in [-0.2, 0) is 31.4 Å². The van der Waals surface area contributed by atoms with E-state index in [1.165, 1.54) is 0 Å². The molecule has 2 N–H and O–H groups in total. The molecule has 23 heavy (non-hydrogen) atoms. The largest absolute Gasteiger partial charge is 0.475 e. The molecule has 0 bridgehead atoms. The highest BCUT2D eigenvalue weighted by atomic mass is 31.2. The summed E-state index contributed by atoms with van der Waals surface area (Å²) in [4.78, 5) is 0. The second-order valence-electron chi connectivity index (χ2n) is 4.94. The molecule has 0 radical (unpaired) electrons. The Kier molecular flexibility index (Phi) is 7.46. The van der Waals surface area contributed by atoms with E-state index in [1.807, 2.05) is 60.7 Å². The molecule has 6 heteroatoms. The molecule has 0 fully saturated rings. The van der Waals surface area contributed by atoms with Crippen LogP contribution in [-0.4, -0.2) is 13.2 Å². The number of nitrogens with two attached hydrogens (primary N) is 1. The van der Waals surface area contributed by atoms with Gasteiger partial charge in [0, 0.05) is 0 Å². The molecule has 2 aromatic rings. The van der Waals surface area contributed by atoms with Crippen LogP contribution in [0.2, 0.25) is 0 Å². The summed E-state index contributed by atoms with van der Waals surface area (Å²) >= 11 is 0. The zero-order chi connectivity index (χ0) is 16.4. The van der Waals surface area contributed by atoms with E-state index < -0.39 is 7.82 Å². The van der Waals surface area contributed by atoms with Crippen molar-refractivity contribution >= 4 is 7.82 Å². The maximum absolute atomic E-state index is 12.7. The van der Waals surface area contributed by atoms with Crippen molar-refractivity contribution in [3.05, 3.63) is 71.8 Å². The van der Waals surface area contributed by atoms with Gasteiger partial charge in [-0.1, -0.05) is 60.7 Å². The van der Waals surface area contributed by atoms with Crippen molar-refractivity contribution in [1.29, 1.82) is 0 Å². The fraction of sp³-hybridized carbons (Fsp3) is 0.294. The Morgan fingerprint density at radius 1 is 0.783 bits per heavy atom. The van der Waals surface area contributed by atoms with E-state index in [9.17, 15) is 4.57 Å². The Morgan fingerprint density at radius 2 is 1.26 bits per heavy atom. The molecule has 0 atom stereocenters. The van der Waals surface area contributed by atoms with Gasteiger partial charge in [-0.25, -0.2) is 4.57 Å². The summed E-state index contributed by atoms with van der Waals surface area (Å²) in [5.41, 5.74) is 7.24. The van der Waals surface area contributed by atoms with E-state index >= 15 is 0 Å². The topological polar surface area (TPSA) is 70.8 Å². The van der Waals surface area contributed by atoms with Crippen LogP contribution in [0.4, 0.5) is 0 Å². The Morgan fingerprint density at radius 3 is 1.70 bits per heavy atom. The Balaban J connectivity index is 1.94. The third-order valence-electron chi connectivity index (χ3n) is 3.06. The molecule has 5 nitrogen and oxygen atoms in total. The Hall–Kier alpha value is -1.49. The third kappa shape index (κ3) is 6.65. The predicted octanol–water partition coefficient (Wildman–Crippen LogP) is 3.89. The third-order valence-corrected chi connectivity index (χ3v) is 4.45. The van der Waals surface area contributed by atoms with Crippen molar-refractivity contribution in [3.8, 4) is 0 Å². The number of hydrogen-bond acceptors (Lipinski definition) is 5. The lowest BCUT2D eigenvalue weighted by molar-refractivity contribution is 0.102. The van der Waals surface area contributed by atoms with Crippen LogP contribution in [0.5, 0.6) is 0 Å². The Bertz CT molecular complexity index is 559. The lowest BCUT2D eigenvalue weighted by Crippen LogP contribution is -2.06. The van der Waals surface area contributed by atoms with Gasteiger partial charge in [-0.15, -0.1) is 0 Å². The van der Waals surface area contributed by atoms with Gasteiger partial charge in [0.1, 0.15) is 0 Å². The molecule has 2 rings (SSSR count). The van der Waals surface area contributed by atoms with Crippen LogP contribution in [0.1, 0.15) is 17.5 Å². The van der Waals surface area contributed by atoms with Gasteiger partial charge in [-0.3, -0.25) is 13.6 Å². The monoisotopic (exact) mass is 335 g/mol. The maximum Gasteiger partial charge on any atom is 0.475 e. The SMILES string of the molecule is NCCCOP(=O)(OCc1ccccc1)OCc1ccccc1. The molecule has 0 aromatic heterocycles. The maximum atomic E-state index is 12.7. The Labute approximate surface area is 137 Å². The quantitative estimate of drug-likeness (QED) is 0.527. The lowest BCUT2D eigenvalue weighted by atomic mass is 10.2. The van der Waals surface area contributed by atoms with E-state index in [-0.39, 0.29) is 19.8 Å². The number of benzene rings is 2. The summed E-state index contributed by atoms with van der Waals surface area (Å²) < 4.78 is 29.0. The van der Waals surface area contributed by atoms with Crippen molar-refractivity contribution in [3.63, 3.8) is 0 Å². The molecule has 0 aliphatic rings. The van der Waals surface area contributed by atoms with E-state index in [2.05, 4.69) is 0 Å². The predicted molar refractivity (Wildman–Crippen MR) is 89.7 cm³/mol. The number of phosphoric acid groups is 1. The first-order chi connectivity index (χ1) is 11.2. The molecule has 0 unspecified atom stereocenters. The highest BCUT2D eigenvalue weighted by Gasteiger charge is 2.26. The van der Waals surface area contributed by atoms with Crippen molar-refractivity contribution in [2.75, 3.05) is 13.2 Å². The van der Waals surface area contributed by atoms with Crippen LogP contribution in [0.15, 0.2) is 60.7 Å². The zero-order valence-electron chi connectivity index (χ0n) is 13.0. The van der Waals surface area contributed by atoms with E-state index in [4.69, 9.17) is 19.3 Å².